The van der Waals surface area contributed by atoms with Gasteiger partial charge in [-0.1, -0.05) is 0 Å². The molecule has 0 aliphatic rings. The summed E-state index contributed by atoms with van der Waals surface area (Å²) in [6, 6.07) is 9.54. The van der Waals surface area contributed by atoms with Crippen molar-refractivity contribution in [2.24, 2.45) is 5.73 Å². The van der Waals surface area contributed by atoms with Gasteiger partial charge in [-0.05, 0) is 58.0 Å². The van der Waals surface area contributed by atoms with E-state index in [1.807, 2.05) is 38.6 Å². The standard InChI is InChI=1S/C27H32FN7O2/c1-5-35-15-18(13-32-35)22-14-31-27(34-22)25(33-19-9-7-17(8-10-19)26(29)30)21-11-20(36-6-2)12-23(24(21)28)37-16(3)4/h7-16,25,33H,5-6H2,1-4H3,(H3,29,30)(H,31,34). The van der Waals surface area contributed by atoms with Crippen LogP contribution in [0, 0.1) is 11.2 Å². The molecule has 37 heavy (non-hydrogen) atoms. The van der Waals surface area contributed by atoms with Crippen LogP contribution in [0.2, 0.25) is 0 Å². The Kier molecular flexibility index (Phi) is 7.76. The minimum atomic E-state index is -0.715. The Morgan fingerprint density at radius 2 is 1.97 bits per heavy atom. The van der Waals surface area contributed by atoms with E-state index < -0.39 is 11.9 Å². The van der Waals surface area contributed by atoms with E-state index in [2.05, 4.69) is 15.4 Å². The number of benzene rings is 2. The molecule has 194 valence electrons. The summed E-state index contributed by atoms with van der Waals surface area (Å²) in [4.78, 5) is 7.99. The second-order valence-electron chi connectivity index (χ2n) is 8.75. The van der Waals surface area contributed by atoms with Gasteiger partial charge in [-0.2, -0.15) is 5.10 Å². The van der Waals surface area contributed by atoms with Crippen LogP contribution in [0.5, 0.6) is 11.5 Å². The number of amidine groups is 1. The number of nitrogens with one attached hydrogen (secondary N) is 3. The van der Waals surface area contributed by atoms with Gasteiger partial charge in [0, 0.05) is 47.4 Å². The zero-order chi connectivity index (χ0) is 26.5. The minimum absolute atomic E-state index is 0.0302. The van der Waals surface area contributed by atoms with Crippen LogP contribution in [0.1, 0.15) is 50.7 Å². The van der Waals surface area contributed by atoms with Crippen molar-refractivity contribution in [3.05, 3.63) is 77.8 Å². The van der Waals surface area contributed by atoms with Crippen molar-refractivity contribution < 1.29 is 13.9 Å². The quantitative estimate of drug-likeness (QED) is 0.166. The van der Waals surface area contributed by atoms with E-state index in [9.17, 15) is 0 Å². The molecule has 0 fully saturated rings. The molecule has 2 heterocycles. The number of hydrogen-bond donors (Lipinski definition) is 4. The van der Waals surface area contributed by atoms with E-state index in [1.54, 1.807) is 48.8 Å². The van der Waals surface area contributed by atoms with Crippen molar-refractivity contribution in [2.45, 2.75) is 46.4 Å². The Morgan fingerprint density at radius 1 is 1.22 bits per heavy atom. The van der Waals surface area contributed by atoms with Crippen LogP contribution in [0.4, 0.5) is 10.1 Å². The van der Waals surface area contributed by atoms with E-state index in [0.717, 1.165) is 12.1 Å². The number of halogens is 1. The monoisotopic (exact) mass is 505 g/mol. The Hall–Kier alpha value is -4.34. The zero-order valence-corrected chi connectivity index (χ0v) is 21.4. The third-order valence-electron chi connectivity index (χ3n) is 5.66. The highest BCUT2D eigenvalue weighted by Gasteiger charge is 2.26. The van der Waals surface area contributed by atoms with Crippen molar-refractivity contribution in [3.63, 3.8) is 0 Å². The zero-order valence-electron chi connectivity index (χ0n) is 21.4. The number of rotatable bonds is 11. The summed E-state index contributed by atoms with van der Waals surface area (Å²) in [5, 5.41) is 15.3. The van der Waals surface area contributed by atoms with Crippen LogP contribution < -0.4 is 20.5 Å². The normalized spacial score (nSPS) is 11.9. The lowest BCUT2D eigenvalue weighted by Crippen LogP contribution is -2.18. The fourth-order valence-corrected chi connectivity index (χ4v) is 3.90. The number of ether oxygens (including phenoxy) is 2. The molecule has 0 aliphatic heterocycles. The lowest BCUT2D eigenvalue weighted by molar-refractivity contribution is 0.228. The summed E-state index contributed by atoms with van der Waals surface area (Å²) in [6.45, 7) is 8.72. The first kappa shape index (κ1) is 25.7. The fraction of sp³-hybridized carbons (Fsp3) is 0.296. The summed E-state index contributed by atoms with van der Waals surface area (Å²) in [5.74, 6) is 0.553. The number of anilines is 1. The average molecular weight is 506 g/mol. The van der Waals surface area contributed by atoms with E-state index in [0.29, 0.717) is 40.7 Å². The van der Waals surface area contributed by atoms with Gasteiger partial charge in [0.1, 0.15) is 23.5 Å². The van der Waals surface area contributed by atoms with Crippen LogP contribution in [0.15, 0.2) is 55.0 Å². The maximum Gasteiger partial charge on any atom is 0.171 e. The number of hydrogen-bond acceptors (Lipinski definition) is 6. The number of aromatic amines is 1. The smallest absolute Gasteiger partial charge is 0.171 e. The van der Waals surface area contributed by atoms with E-state index in [-0.39, 0.29) is 17.7 Å². The number of nitrogen functional groups attached to an aromatic ring is 1. The van der Waals surface area contributed by atoms with Crippen LogP contribution in [-0.2, 0) is 6.54 Å². The van der Waals surface area contributed by atoms with Gasteiger partial charge in [0.2, 0.25) is 0 Å². The largest absolute Gasteiger partial charge is 0.494 e. The van der Waals surface area contributed by atoms with E-state index in [1.165, 1.54) is 0 Å². The van der Waals surface area contributed by atoms with Gasteiger partial charge < -0.3 is 25.5 Å². The van der Waals surface area contributed by atoms with Gasteiger partial charge in [-0.15, -0.1) is 0 Å². The molecule has 2 aromatic carbocycles. The first-order chi connectivity index (χ1) is 17.8. The molecule has 9 nitrogen and oxygen atoms in total. The number of nitrogens with zero attached hydrogens (tertiary/aromatic N) is 3. The first-order valence-corrected chi connectivity index (χ1v) is 12.2. The summed E-state index contributed by atoms with van der Waals surface area (Å²) in [7, 11) is 0. The highest BCUT2D eigenvalue weighted by atomic mass is 19.1. The van der Waals surface area contributed by atoms with Gasteiger partial charge in [-0.25, -0.2) is 9.37 Å². The molecule has 0 amide bonds. The average Bonchev–Trinajstić information content (AvgIpc) is 3.54. The SMILES string of the molecule is CCOc1cc(OC(C)C)c(F)c(C(Nc2ccc(C(=N)N)cc2)c2nc(-c3cnn(CC)c3)c[nH]2)c1. The Morgan fingerprint density at radius 3 is 2.59 bits per heavy atom. The fourth-order valence-electron chi connectivity index (χ4n) is 3.90. The van der Waals surface area contributed by atoms with E-state index in [4.69, 9.17) is 25.6 Å². The van der Waals surface area contributed by atoms with Crippen molar-refractivity contribution in [3.8, 4) is 22.8 Å². The molecular weight excluding hydrogens is 473 g/mol. The number of imidazole rings is 1. The molecule has 0 spiro atoms. The van der Waals surface area contributed by atoms with Crippen LogP contribution in [-0.4, -0.2) is 38.3 Å². The van der Waals surface area contributed by atoms with Crippen molar-refractivity contribution in [1.29, 1.82) is 5.41 Å². The predicted molar refractivity (Wildman–Crippen MR) is 142 cm³/mol. The molecule has 1 atom stereocenters. The maximum atomic E-state index is 15.9. The Balaban J connectivity index is 1.80. The van der Waals surface area contributed by atoms with Gasteiger partial charge in [0.05, 0.1) is 24.6 Å². The number of aromatic nitrogens is 4. The first-order valence-electron chi connectivity index (χ1n) is 12.2. The van der Waals surface area contributed by atoms with Crippen LogP contribution >= 0.6 is 0 Å². The second kappa shape index (κ2) is 11.2. The van der Waals surface area contributed by atoms with Crippen molar-refractivity contribution >= 4 is 11.5 Å². The summed E-state index contributed by atoms with van der Waals surface area (Å²) in [6.07, 6.45) is 5.20. The van der Waals surface area contributed by atoms with Crippen LogP contribution in [0.25, 0.3) is 11.3 Å². The molecule has 10 heteroatoms. The lowest BCUT2D eigenvalue weighted by atomic mass is 10.0. The Labute approximate surface area is 215 Å². The topological polar surface area (TPSA) is 127 Å². The second-order valence-corrected chi connectivity index (χ2v) is 8.75. The predicted octanol–water partition coefficient (Wildman–Crippen LogP) is 5.10. The van der Waals surface area contributed by atoms with Gasteiger partial charge >= 0.3 is 0 Å². The van der Waals surface area contributed by atoms with Gasteiger partial charge in [-0.3, -0.25) is 10.1 Å². The third kappa shape index (κ3) is 5.91. The summed E-state index contributed by atoms with van der Waals surface area (Å²) >= 11 is 0. The molecule has 0 aliphatic carbocycles. The summed E-state index contributed by atoms with van der Waals surface area (Å²) in [5.41, 5.74) is 8.73. The number of nitrogens with two attached hydrogens (primary N) is 1. The molecule has 0 saturated heterocycles. The molecule has 0 bridgehead atoms. The molecule has 1 unspecified atom stereocenters. The Bertz CT molecular complexity index is 1360. The lowest BCUT2D eigenvalue weighted by Gasteiger charge is -2.22. The van der Waals surface area contributed by atoms with E-state index >= 15 is 4.39 Å². The summed E-state index contributed by atoms with van der Waals surface area (Å²) < 4.78 is 29.3. The highest BCUT2D eigenvalue weighted by Crippen LogP contribution is 2.36. The van der Waals surface area contributed by atoms with Gasteiger partial charge in [0.25, 0.3) is 0 Å². The van der Waals surface area contributed by atoms with Crippen molar-refractivity contribution in [1.82, 2.24) is 19.7 Å². The third-order valence-corrected chi connectivity index (χ3v) is 5.66. The molecule has 2 aromatic heterocycles. The highest BCUT2D eigenvalue weighted by molar-refractivity contribution is 5.95. The number of H-pyrrole nitrogens is 1. The maximum absolute atomic E-state index is 15.9. The molecule has 0 radical (unpaired) electrons. The molecule has 5 N–H and O–H groups in total. The van der Waals surface area contributed by atoms with Crippen LogP contribution in [0.3, 0.4) is 0 Å². The number of aryl methyl sites for hydroxylation is 1. The molecule has 4 aromatic rings. The minimum Gasteiger partial charge on any atom is -0.494 e. The van der Waals surface area contributed by atoms with Gasteiger partial charge in [0.15, 0.2) is 11.6 Å². The molecule has 0 saturated carbocycles. The van der Waals surface area contributed by atoms with Crippen molar-refractivity contribution in [2.75, 3.05) is 11.9 Å². The molecular formula is C27H32FN7O2. The molecule has 4 rings (SSSR count).